The Morgan fingerprint density at radius 2 is 2.14 bits per heavy atom. The van der Waals surface area contributed by atoms with Crippen molar-refractivity contribution in [2.75, 3.05) is 0 Å². The van der Waals surface area contributed by atoms with E-state index in [1.165, 1.54) is 12.1 Å². The lowest BCUT2D eigenvalue weighted by Crippen LogP contribution is -2.13. The van der Waals surface area contributed by atoms with Crippen molar-refractivity contribution in [1.82, 2.24) is 0 Å². The summed E-state index contributed by atoms with van der Waals surface area (Å²) in [4.78, 5) is 13.8. The molecule has 0 saturated heterocycles. The van der Waals surface area contributed by atoms with Gasteiger partial charge < -0.3 is 0 Å². The van der Waals surface area contributed by atoms with Crippen LogP contribution in [0, 0.1) is 5.82 Å². The van der Waals surface area contributed by atoms with Gasteiger partial charge in [0.15, 0.2) is 0 Å². The van der Waals surface area contributed by atoms with Gasteiger partial charge in [-0.05, 0) is 47.5 Å². The average Bonchev–Trinajstić information content (AvgIpc) is 2.09. The van der Waals surface area contributed by atoms with Crippen LogP contribution in [0.1, 0.15) is 19.4 Å². The van der Waals surface area contributed by atoms with E-state index in [4.69, 9.17) is 0 Å². The van der Waals surface area contributed by atoms with Gasteiger partial charge in [0.2, 0.25) is 6.08 Å². The molecule has 0 saturated carbocycles. The van der Waals surface area contributed by atoms with Crippen molar-refractivity contribution in [1.29, 1.82) is 0 Å². The number of aliphatic imine (C=N–C) groups is 1. The first-order valence-corrected chi connectivity index (χ1v) is 4.81. The predicted octanol–water partition coefficient (Wildman–Crippen LogP) is 3.16. The summed E-state index contributed by atoms with van der Waals surface area (Å²) in [6.07, 6.45) is 1.48. The molecule has 1 rings (SSSR count). The van der Waals surface area contributed by atoms with Crippen molar-refractivity contribution < 1.29 is 9.18 Å². The van der Waals surface area contributed by atoms with Crippen molar-refractivity contribution in [2.45, 2.75) is 19.4 Å². The highest BCUT2D eigenvalue weighted by Crippen LogP contribution is 2.27. The van der Waals surface area contributed by atoms with Gasteiger partial charge >= 0.3 is 0 Å². The van der Waals surface area contributed by atoms with Crippen LogP contribution < -0.4 is 0 Å². The van der Waals surface area contributed by atoms with Crippen molar-refractivity contribution in [3.63, 3.8) is 0 Å². The Kier molecular flexibility index (Phi) is 3.19. The molecule has 0 amide bonds. The fraction of sp³-hybridized carbons (Fsp3) is 0.300. The molecular formula is C10H9BrFNO. The fourth-order valence-electron chi connectivity index (χ4n) is 1.06. The van der Waals surface area contributed by atoms with Crippen LogP contribution in [0.2, 0.25) is 0 Å². The number of carbonyl (C=O) groups excluding carboxylic acids is 1. The number of halogens is 2. The van der Waals surface area contributed by atoms with E-state index in [1.54, 1.807) is 26.0 Å². The zero-order chi connectivity index (χ0) is 10.8. The van der Waals surface area contributed by atoms with E-state index >= 15 is 0 Å². The number of hydrogen-bond donors (Lipinski definition) is 0. The summed E-state index contributed by atoms with van der Waals surface area (Å²) in [5, 5.41) is 0. The van der Waals surface area contributed by atoms with Crippen LogP contribution in [-0.2, 0) is 10.3 Å². The molecule has 0 aliphatic carbocycles. The standard InChI is InChI=1S/C10H9BrFNO/c1-10(2,13-6-14)7-3-4-8(11)9(12)5-7/h3-5H,1-2H3. The fourth-order valence-corrected chi connectivity index (χ4v) is 1.30. The second-order valence-electron chi connectivity index (χ2n) is 3.39. The van der Waals surface area contributed by atoms with Gasteiger partial charge in [-0.25, -0.2) is 9.18 Å². The first kappa shape index (κ1) is 11.1. The molecule has 2 nitrogen and oxygen atoms in total. The molecule has 0 aromatic heterocycles. The number of isocyanates is 1. The molecule has 0 N–H and O–H groups in total. The van der Waals surface area contributed by atoms with Crippen molar-refractivity contribution >= 4 is 22.0 Å². The Hall–Kier alpha value is -0.990. The molecule has 14 heavy (non-hydrogen) atoms. The normalized spacial score (nSPS) is 10.9. The highest BCUT2D eigenvalue weighted by atomic mass is 79.9. The van der Waals surface area contributed by atoms with E-state index in [2.05, 4.69) is 20.9 Å². The highest BCUT2D eigenvalue weighted by Gasteiger charge is 2.20. The molecule has 74 valence electrons. The van der Waals surface area contributed by atoms with Crippen LogP contribution in [0.25, 0.3) is 0 Å². The van der Waals surface area contributed by atoms with Gasteiger partial charge in [0, 0.05) is 0 Å². The lowest BCUT2D eigenvalue weighted by molar-refractivity contribution is 0.518. The minimum Gasteiger partial charge on any atom is -0.211 e. The minimum absolute atomic E-state index is 0.364. The van der Waals surface area contributed by atoms with Crippen LogP contribution in [-0.4, -0.2) is 6.08 Å². The summed E-state index contributed by atoms with van der Waals surface area (Å²) >= 11 is 3.05. The van der Waals surface area contributed by atoms with Crippen molar-refractivity contribution in [3.05, 3.63) is 34.1 Å². The lowest BCUT2D eigenvalue weighted by atomic mass is 9.95. The molecule has 1 aromatic carbocycles. The van der Waals surface area contributed by atoms with Gasteiger partial charge in [0.05, 0.1) is 10.0 Å². The largest absolute Gasteiger partial charge is 0.235 e. The zero-order valence-electron chi connectivity index (χ0n) is 7.84. The topological polar surface area (TPSA) is 29.4 Å². The van der Waals surface area contributed by atoms with E-state index < -0.39 is 5.54 Å². The lowest BCUT2D eigenvalue weighted by Gasteiger charge is -2.17. The smallest absolute Gasteiger partial charge is 0.211 e. The molecular weight excluding hydrogens is 249 g/mol. The van der Waals surface area contributed by atoms with E-state index in [0.717, 1.165) is 0 Å². The second-order valence-corrected chi connectivity index (χ2v) is 4.25. The molecule has 0 heterocycles. The Morgan fingerprint density at radius 1 is 1.50 bits per heavy atom. The summed E-state index contributed by atoms with van der Waals surface area (Å²) in [5.41, 5.74) is -0.0925. The van der Waals surface area contributed by atoms with Crippen LogP contribution in [0.15, 0.2) is 27.7 Å². The molecule has 0 aliphatic heterocycles. The molecule has 4 heteroatoms. The third kappa shape index (κ3) is 2.28. The van der Waals surface area contributed by atoms with Crippen LogP contribution >= 0.6 is 15.9 Å². The van der Waals surface area contributed by atoms with E-state index in [1.807, 2.05) is 0 Å². The van der Waals surface area contributed by atoms with Gasteiger partial charge in [-0.2, -0.15) is 4.99 Å². The second kappa shape index (κ2) is 4.03. The third-order valence-electron chi connectivity index (χ3n) is 1.95. The molecule has 0 atom stereocenters. The van der Waals surface area contributed by atoms with Crippen LogP contribution in [0.5, 0.6) is 0 Å². The molecule has 1 aromatic rings. The number of nitrogens with zero attached hydrogens (tertiary/aromatic N) is 1. The van der Waals surface area contributed by atoms with Crippen LogP contribution in [0.3, 0.4) is 0 Å². The maximum Gasteiger partial charge on any atom is 0.235 e. The average molecular weight is 258 g/mol. The minimum atomic E-state index is -0.733. The maximum absolute atomic E-state index is 13.2. The number of rotatable bonds is 2. The summed E-state index contributed by atoms with van der Waals surface area (Å²) in [6, 6.07) is 4.66. The predicted molar refractivity (Wildman–Crippen MR) is 55.2 cm³/mol. The van der Waals surface area contributed by atoms with Gasteiger partial charge in [0.25, 0.3) is 0 Å². The first-order valence-electron chi connectivity index (χ1n) is 4.02. The molecule has 0 unspecified atom stereocenters. The summed E-state index contributed by atoms with van der Waals surface area (Å²) in [6.45, 7) is 3.45. The molecule has 0 fully saturated rings. The Labute approximate surface area is 90.0 Å². The van der Waals surface area contributed by atoms with E-state index in [9.17, 15) is 9.18 Å². The molecule has 0 aliphatic rings. The summed E-state index contributed by atoms with van der Waals surface area (Å²) in [5.74, 6) is -0.364. The Bertz CT molecular complexity index is 397. The first-order chi connectivity index (χ1) is 6.47. The quantitative estimate of drug-likeness (QED) is 0.591. The monoisotopic (exact) mass is 257 g/mol. The van der Waals surface area contributed by atoms with Gasteiger partial charge in [-0.15, -0.1) is 0 Å². The highest BCUT2D eigenvalue weighted by molar-refractivity contribution is 9.10. The molecule has 0 bridgehead atoms. The SMILES string of the molecule is CC(C)(N=C=O)c1ccc(Br)c(F)c1. The molecule has 0 radical (unpaired) electrons. The summed E-state index contributed by atoms with van der Waals surface area (Å²) in [7, 11) is 0. The van der Waals surface area contributed by atoms with E-state index in [-0.39, 0.29) is 5.82 Å². The van der Waals surface area contributed by atoms with Crippen molar-refractivity contribution in [2.24, 2.45) is 4.99 Å². The third-order valence-corrected chi connectivity index (χ3v) is 2.59. The Balaban J connectivity index is 3.20. The van der Waals surface area contributed by atoms with Crippen LogP contribution in [0.4, 0.5) is 4.39 Å². The van der Waals surface area contributed by atoms with Gasteiger partial charge in [0.1, 0.15) is 5.82 Å². The molecule has 0 spiro atoms. The number of benzene rings is 1. The number of hydrogen-bond acceptors (Lipinski definition) is 2. The zero-order valence-corrected chi connectivity index (χ0v) is 9.43. The van der Waals surface area contributed by atoms with E-state index in [0.29, 0.717) is 10.0 Å². The van der Waals surface area contributed by atoms with Crippen molar-refractivity contribution in [3.8, 4) is 0 Å². The van der Waals surface area contributed by atoms with Gasteiger partial charge in [-0.3, -0.25) is 0 Å². The van der Waals surface area contributed by atoms with Gasteiger partial charge in [-0.1, -0.05) is 6.07 Å². The summed E-state index contributed by atoms with van der Waals surface area (Å²) < 4.78 is 13.6. The maximum atomic E-state index is 13.2. The Morgan fingerprint density at radius 3 is 2.64 bits per heavy atom.